The van der Waals surface area contributed by atoms with Crippen molar-refractivity contribution >= 4 is 6.29 Å². The van der Waals surface area contributed by atoms with E-state index in [1.165, 1.54) is 0 Å². The first-order valence-electron chi connectivity index (χ1n) is 5.86. The SMILES string of the molecule is COc1ccc(OCCn2nnc(C=O)c2C)cc1. The second-order valence-corrected chi connectivity index (χ2v) is 3.93. The van der Waals surface area contributed by atoms with Gasteiger partial charge in [-0.05, 0) is 31.2 Å². The number of ether oxygens (including phenoxy) is 2. The summed E-state index contributed by atoms with van der Waals surface area (Å²) in [5.74, 6) is 1.55. The number of nitrogens with zero attached hydrogens (tertiary/aromatic N) is 3. The summed E-state index contributed by atoms with van der Waals surface area (Å²) in [6, 6.07) is 7.34. The summed E-state index contributed by atoms with van der Waals surface area (Å²) in [4.78, 5) is 10.6. The minimum absolute atomic E-state index is 0.365. The Morgan fingerprint density at radius 1 is 1.26 bits per heavy atom. The predicted molar refractivity (Wildman–Crippen MR) is 68.6 cm³/mol. The van der Waals surface area contributed by atoms with E-state index in [1.54, 1.807) is 18.7 Å². The molecule has 1 aromatic carbocycles. The van der Waals surface area contributed by atoms with E-state index in [4.69, 9.17) is 9.47 Å². The van der Waals surface area contributed by atoms with Gasteiger partial charge in [-0.25, -0.2) is 4.68 Å². The van der Waals surface area contributed by atoms with Crippen LogP contribution in [0.2, 0.25) is 0 Å². The molecule has 19 heavy (non-hydrogen) atoms. The Labute approximate surface area is 110 Å². The van der Waals surface area contributed by atoms with Gasteiger partial charge in [0.1, 0.15) is 23.8 Å². The molecule has 0 aliphatic carbocycles. The summed E-state index contributed by atoms with van der Waals surface area (Å²) in [6.45, 7) is 2.80. The third-order valence-corrected chi connectivity index (χ3v) is 2.76. The van der Waals surface area contributed by atoms with E-state index in [0.717, 1.165) is 17.2 Å². The quantitative estimate of drug-likeness (QED) is 0.737. The van der Waals surface area contributed by atoms with E-state index in [0.29, 0.717) is 25.1 Å². The molecule has 100 valence electrons. The maximum Gasteiger partial charge on any atom is 0.172 e. The molecular formula is C13H15N3O3. The van der Waals surface area contributed by atoms with Gasteiger partial charge in [0.25, 0.3) is 0 Å². The maximum absolute atomic E-state index is 10.6. The van der Waals surface area contributed by atoms with Crippen molar-refractivity contribution in [3.8, 4) is 11.5 Å². The Morgan fingerprint density at radius 3 is 2.53 bits per heavy atom. The number of hydrogen-bond acceptors (Lipinski definition) is 5. The van der Waals surface area contributed by atoms with Gasteiger partial charge >= 0.3 is 0 Å². The van der Waals surface area contributed by atoms with Crippen LogP contribution in [0.5, 0.6) is 11.5 Å². The molecule has 0 fully saturated rings. The lowest BCUT2D eigenvalue weighted by molar-refractivity contribution is 0.111. The highest BCUT2D eigenvalue weighted by atomic mass is 16.5. The van der Waals surface area contributed by atoms with Crippen LogP contribution in [0.15, 0.2) is 24.3 Å². The first-order chi connectivity index (χ1) is 9.24. The number of aromatic nitrogens is 3. The molecule has 0 bridgehead atoms. The third-order valence-electron chi connectivity index (χ3n) is 2.76. The molecule has 0 N–H and O–H groups in total. The van der Waals surface area contributed by atoms with Crippen molar-refractivity contribution in [1.82, 2.24) is 15.0 Å². The molecule has 0 saturated carbocycles. The van der Waals surface area contributed by atoms with Crippen LogP contribution >= 0.6 is 0 Å². The van der Waals surface area contributed by atoms with Crippen molar-refractivity contribution in [2.75, 3.05) is 13.7 Å². The molecule has 1 heterocycles. The topological polar surface area (TPSA) is 66.2 Å². The molecule has 0 atom stereocenters. The van der Waals surface area contributed by atoms with Crippen LogP contribution in [-0.4, -0.2) is 35.0 Å². The summed E-state index contributed by atoms with van der Waals surface area (Å²) in [6.07, 6.45) is 0.698. The third kappa shape index (κ3) is 3.09. The molecule has 0 saturated heterocycles. The molecule has 0 amide bonds. The number of rotatable bonds is 6. The smallest absolute Gasteiger partial charge is 0.172 e. The summed E-state index contributed by atoms with van der Waals surface area (Å²) < 4.78 is 12.3. The summed E-state index contributed by atoms with van der Waals surface area (Å²) in [5, 5.41) is 7.64. The first kappa shape index (κ1) is 13.1. The molecule has 0 aliphatic rings. The van der Waals surface area contributed by atoms with Gasteiger partial charge in [0, 0.05) is 0 Å². The Bertz CT molecular complexity index is 549. The predicted octanol–water partition coefficient (Wildman–Crippen LogP) is 1.49. The van der Waals surface area contributed by atoms with Crippen LogP contribution < -0.4 is 9.47 Å². The van der Waals surface area contributed by atoms with Gasteiger partial charge < -0.3 is 9.47 Å². The lowest BCUT2D eigenvalue weighted by Crippen LogP contribution is -2.11. The molecule has 1 aromatic heterocycles. The molecule has 6 heteroatoms. The summed E-state index contributed by atoms with van der Waals surface area (Å²) in [7, 11) is 1.62. The van der Waals surface area contributed by atoms with E-state index < -0.39 is 0 Å². The van der Waals surface area contributed by atoms with Gasteiger partial charge in [0.05, 0.1) is 19.3 Å². The first-order valence-corrected chi connectivity index (χ1v) is 5.86. The normalized spacial score (nSPS) is 10.2. The van der Waals surface area contributed by atoms with Crippen molar-refractivity contribution in [3.05, 3.63) is 35.7 Å². The van der Waals surface area contributed by atoms with Crippen LogP contribution in [0.25, 0.3) is 0 Å². The van der Waals surface area contributed by atoms with Crippen molar-refractivity contribution in [2.24, 2.45) is 0 Å². The van der Waals surface area contributed by atoms with Gasteiger partial charge in [-0.2, -0.15) is 0 Å². The van der Waals surface area contributed by atoms with Crippen molar-refractivity contribution < 1.29 is 14.3 Å². The molecule has 0 radical (unpaired) electrons. The average Bonchev–Trinajstić information content (AvgIpc) is 2.80. The highest BCUT2D eigenvalue weighted by Gasteiger charge is 2.06. The summed E-state index contributed by atoms with van der Waals surface area (Å²) in [5.41, 5.74) is 1.11. The maximum atomic E-state index is 10.6. The second kappa shape index (κ2) is 5.99. The van der Waals surface area contributed by atoms with E-state index in [1.807, 2.05) is 24.3 Å². The molecule has 0 aliphatic heterocycles. The van der Waals surface area contributed by atoms with Gasteiger partial charge in [-0.3, -0.25) is 4.79 Å². The van der Waals surface area contributed by atoms with Crippen molar-refractivity contribution in [1.29, 1.82) is 0 Å². The van der Waals surface area contributed by atoms with Crippen LogP contribution in [0, 0.1) is 6.92 Å². The molecule has 0 unspecified atom stereocenters. The van der Waals surface area contributed by atoms with Crippen molar-refractivity contribution in [3.63, 3.8) is 0 Å². The van der Waals surface area contributed by atoms with Gasteiger partial charge in [-0.15, -0.1) is 5.10 Å². The monoisotopic (exact) mass is 261 g/mol. The lowest BCUT2D eigenvalue weighted by atomic mass is 10.3. The number of carbonyl (C=O) groups is 1. The largest absolute Gasteiger partial charge is 0.497 e. The highest BCUT2D eigenvalue weighted by Crippen LogP contribution is 2.16. The number of carbonyl (C=O) groups excluding carboxylic acids is 1. The van der Waals surface area contributed by atoms with Crippen molar-refractivity contribution in [2.45, 2.75) is 13.5 Å². The molecule has 6 nitrogen and oxygen atoms in total. The molecule has 0 spiro atoms. The van der Waals surface area contributed by atoms with Crippen LogP contribution in [0.1, 0.15) is 16.2 Å². The van der Waals surface area contributed by atoms with E-state index in [9.17, 15) is 4.79 Å². The molecule has 2 aromatic rings. The summed E-state index contributed by atoms with van der Waals surface area (Å²) >= 11 is 0. The van der Waals surface area contributed by atoms with Crippen LogP contribution in [0.4, 0.5) is 0 Å². The Kier molecular flexibility index (Phi) is 4.12. The zero-order valence-electron chi connectivity index (χ0n) is 10.9. The van der Waals surface area contributed by atoms with Gasteiger partial charge in [0.15, 0.2) is 6.29 Å². The number of aldehydes is 1. The molecular weight excluding hydrogens is 246 g/mol. The average molecular weight is 261 g/mol. The number of methoxy groups -OCH3 is 1. The Morgan fingerprint density at radius 2 is 1.95 bits per heavy atom. The fourth-order valence-corrected chi connectivity index (χ4v) is 1.62. The van der Waals surface area contributed by atoms with Gasteiger partial charge in [0.2, 0.25) is 0 Å². The fraction of sp³-hybridized carbons (Fsp3) is 0.308. The zero-order valence-corrected chi connectivity index (χ0v) is 10.9. The van der Waals surface area contributed by atoms with Crippen LogP contribution in [-0.2, 0) is 6.54 Å². The van der Waals surface area contributed by atoms with E-state index >= 15 is 0 Å². The fourth-order valence-electron chi connectivity index (χ4n) is 1.62. The van der Waals surface area contributed by atoms with E-state index in [-0.39, 0.29) is 0 Å². The Hall–Kier alpha value is -2.37. The highest BCUT2D eigenvalue weighted by molar-refractivity contribution is 5.72. The minimum Gasteiger partial charge on any atom is -0.497 e. The standard InChI is InChI=1S/C13H15N3O3/c1-10-13(9-17)14-15-16(10)7-8-19-12-5-3-11(18-2)4-6-12/h3-6,9H,7-8H2,1-2H3. The molecule has 2 rings (SSSR count). The number of benzene rings is 1. The lowest BCUT2D eigenvalue weighted by Gasteiger charge is -2.07. The minimum atomic E-state index is 0.365. The Balaban J connectivity index is 1.88. The number of hydrogen-bond donors (Lipinski definition) is 0. The zero-order chi connectivity index (χ0) is 13.7. The van der Waals surface area contributed by atoms with Gasteiger partial charge in [-0.1, -0.05) is 5.21 Å². The second-order valence-electron chi connectivity index (χ2n) is 3.93. The van der Waals surface area contributed by atoms with E-state index in [2.05, 4.69) is 10.3 Å². The van der Waals surface area contributed by atoms with Crippen LogP contribution in [0.3, 0.4) is 0 Å².